The van der Waals surface area contributed by atoms with Gasteiger partial charge in [0.25, 0.3) is 0 Å². The highest BCUT2D eigenvalue weighted by molar-refractivity contribution is 7.89. The lowest BCUT2D eigenvalue weighted by molar-refractivity contribution is -0.150. The third-order valence-corrected chi connectivity index (χ3v) is 2.68. The number of hydrogen-bond acceptors (Lipinski definition) is 2. The van der Waals surface area contributed by atoms with E-state index in [9.17, 15) is 21.6 Å². The Bertz CT molecular complexity index is 271. The van der Waals surface area contributed by atoms with Crippen LogP contribution in [0.25, 0.3) is 0 Å². The van der Waals surface area contributed by atoms with Gasteiger partial charge in [-0.3, -0.25) is 0 Å². The molecule has 2 N–H and O–H groups in total. The zero-order valence-corrected chi connectivity index (χ0v) is 6.82. The predicted octanol–water partition coefficient (Wildman–Crippen LogP) is 0.473. The maximum atomic E-state index is 11.8. The van der Waals surface area contributed by atoms with Gasteiger partial charge in [0.05, 0.1) is 11.7 Å². The summed E-state index contributed by atoms with van der Waals surface area (Å²) >= 11 is 0. The first-order valence-electron chi connectivity index (χ1n) is 3.27. The molecule has 0 spiro atoms. The van der Waals surface area contributed by atoms with Crippen LogP contribution in [0.5, 0.6) is 0 Å². The molecule has 2 unspecified atom stereocenters. The first-order chi connectivity index (χ1) is 5.20. The van der Waals surface area contributed by atoms with Gasteiger partial charge in [-0.05, 0) is 12.3 Å². The number of nitrogens with two attached hydrogens (primary N) is 1. The van der Waals surface area contributed by atoms with Gasteiger partial charge in [0.1, 0.15) is 0 Å². The number of sulfonamides is 1. The van der Waals surface area contributed by atoms with Gasteiger partial charge in [-0.1, -0.05) is 0 Å². The molecule has 0 saturated heterocycles. The fourth-order valence-electron chi connectivity index (χ4n) is 1.13. The lowest BCUT2D eigenvalue weighted by Crippen LogP contribution is -2.21. The monoisotopic (exact) mass is 203 g/mol. The summed E-state index contributed by atoms with van der Waals surface area (Å²) in [5.74, 6) is -2.84. The molecular formula is C5H8F3NO2S. The van der Waals surface area contributed by atoms with E-state index >= 15 is 0 Å². The predicted molar refractivity (Wildman–Crippen MR) is 35.6 cm³/mol. The fourth-order valence-corrected chi connectivity index (χ4v) is 2.10. The molecule has 0 bridgehead atoms. The second kappa shape index (κ2) is 2.59. The van der Waals surface area contributed by atoms with Crippen LogP contribution in [-0.2, 0) is 10.0 Å². The third kappa shape index (κ3) is 2.63. The number of alkyl halides is 3. The van der Waals surface area contributed by atoms with E-state index in [4.69, 9.17) is 0 Å². The van der Waals surface area contributed by atoms with Gasteiger partial charge in [-0.25, -0.2) is 13.6 Å². The Morgan fingerprint density at radius 1 is 1.42 bits per heavy atom. The minimum Gasteiger partial charge on any atom is -0.229 e. The van der Waals surface area contributed by atoms with Crippen LogP contribution in [0.2, 0.25) is 0 Å². The van der Waals surface area contributed by atoms with Gasteiger partial charge in [0, 0.05) is 0 Å². The van der Waals surface area contributed by atoms with E-state index < -0.39 is 33.8 Å². The van der Waals surface area contributed by atoms with E-state index in [1.165, 1.54) is 0 Å². The third-order valence-electron chi connectivity index (χ3n) is 1.79. The summed E-state index contributed by atoms with van der Waals surface area (Å²) in [7, 11) is -3.75. The molecule has 0 heterocycles. The molecule has 12 heavy (non-hydrogen) atoms. The van der Waals surface area contributed by atoms with E-state index in [2.05, 4.69) is 5.14 Å². The van der Waals surface area contributed by atoms with Crippen molar-refractivity contribution in [2.24, 2.45) is 17.0 Å². The molecule has 1 fully saturated rings. The maximum Gasteiger partial charge on any atom is 0.392 e. The molecule has 72 valence electrons. The summed E-state index contributed by atoms with van der Waals surface area (Å²) in [6.45, 7) is 0. The molecule has 0 amide bonds. The normalized spacial score (nSPS) is 30.3. The minimum absolute atomic E-state index is 0.111. The van der Waals surface area contributed by atoms with Gasteiger partial charge in [0.15, 0.2) is 0 Å². The average molecular weight is 203 g/mol. The van der Waals surface area contributed by atoms with Crippen LogP contribution in [0.3, 0.4) is 0 Å². The summed E-state index contributed by atoms with van der Waals surface area (Å²) in [6.07, 6.45) is -4.38. The van der Waals surface area contributed by atoms with Crippen molar-refractivity contribution in [3.8, 4) is 0 Å². The van der Waals surface area contributed by atoms with E-state index in [-0.39, 0.29) is 6.42 Å². The number of primary sulfonamides is 1. The first kappa shape index (κ1) is 9.79. The van der Waals surface area contributed by atoms with Gasteiger partial charge < -0.3 is 0 Å². The Labute approximate surface area is 67.8 Å². The molecule has 0 aliphatic heterocycles. The summed E-state index contributed by atoms with van der Waals surface area (Å²) in [5.41, 5.74) is 0. The molecule has 0 aromatic heterocycles. The zero-order valence-electron chi connectivity index (χ0n) is 6.00. The molecule has 1 aliphatic carbocycles. The minimum atomic E-state index is -4.27. The number of rotatable bonds is 2. The smallest absolute Gasteiger partial charge is 0.229 e. The highest BCUT2D eigenvalue weighted by Crippen LogP contribution is 2.50. The van der Waals surface area contributed by atoms with Crippen molar-refractivity contribution in [2.75, 3.05) is 5.75 Å². The van der Waals surface area contributed by atoms with Gasteiger partial charge in [0.2, 0.25) is 10.0 Å². The molecule has 2 atom stereocenters. The van der Waals surface area contributed by atoms with Crippen LogP contribution >= 0.6 is 0 Å². The van der Waals surface area contributed by atoms with Crippen LogP contribution in [0, 0.1) is 11.8 Å². The van der Waals surface area contributed by atoms with Crippen molar-refractivity contribution in [3.63, 3.8) is 0 Å². The lowest BCUT2D eigenvalue weighted by atomic mass is 10.3. The molecule has 0 radical (unpaired) electrons. The summed E-state index contributed by atoms with van der Waals surface area (Å²) in [4.78, 5) is 0. The summed E-state index contributed by atoms with van der Waals surface area (Å²) < 4.78 is 56.2. The maximum absolute atomic E-state index is 11.8. The number of hydrogen-bond donors (Lipinski definition) is 1. The zero-order chi connectivity index (χ0) is 9.57. The van der Waals surface area contributed by atoms with E-state index in [1.54, 1.807) is 0 Å². The molecule has 1 rings (SSSR count). The molecule has 3 nitrogen and oxygen atoms in total. The Hall–Kier alpha value is -0.300. The Morgan fingerprint density at radius 2 is 1.92 bits per heavy atom. The van der Waals surface area contributed by atoms with E-state index in [0.717, 1.165) is 0 Å². The van der Waals surface area contributed by atoms with Crippen LogP contribution in [0.4, 0.5) is 13.2 Å². The quantitative estimate of drug-likeness (QED) is 0.709. The Balaban J connectivity index is 2.45. The molecule has 0 aromatic rings. The van der Waals surface area contributed by atoms with E-state index in [1.807, 2.05) is 0 Å². The molecule has 0 aromatic carbocycles. The fraction of sp³-hybridized carbons (Fsp3) is 1.00. The van der Waals surface area contributed by atoms with Crippen molar-refractivity contribution < 1.29 is 21.6 Å². The standard InChI is InChI=1S/C5H8F3NO2S/c6-5(7,8)4-1-3(4)2-12(9,10)11/h3-4H,1-2H2,(H2,9,10,11). The van der Waals surface area contributed by atoms with Crippen LogP contribution < -0.4 is 5.14 Å². The van der Waals surface area contributed by atoms with Crippen molar-refractivity contribution in [1.29, 1.82) is 0 Å². The highest BCUT2D eigenvalue weighted by Gasteiger charge is 2.56. The van der Waals surface area contributed by atoms with Crippen molar-refractivity contribution in [2.45, 2.75) is 12.6 Å². The molecule has 1 aliphatic rings. The number of halogens is 3. The molecule has 1 saturated carbocycles. The lowest BCUT2D eigenvalue weighted by Gasteiger charge is -2.03. The van der Waals surface area contributed by atoms with Crippen LogP contribution in [-0.4, -0.2) is 20.3 Å². The SMILES string of the molecule is NS(=O)(=O)CC1CC1C(F)(F)F. The van der Waals surface area contributed by atoms with Gasteiger partial charge in [-0.15, -0.1) is 0 Å². The summed E-state index contributed by atoms with van der Waals surface area (Å²) in [6, 6.07) is 0. The Morgan fingerprint density at radius 3 is 2.17 bits per heavy atom. The average Bonchev–Trinajstić information content (AvgIpc) is 2.37. The Kier molecular flexibility index (Phi) is 2.12. The van der Waals surface area contributed by atoms with Gasteiger partial charge >= 0.3 is 6.18 Å². The largest absolute Gasteiger partial charge is 0.392 e. The first-order valence-corrected chi connectivity index (χ1v) is 4.99. The van der Waals surface area contributed by atoms with Crippen LogP contribution in [0.1, 0.15) is 6.42 Å². The molecular weight excluding hydrogens is 195 g/mol. The topological polar surface area (TPSA) is 60.2 Å². The second-order valence-corrected chi connectivity index (χ2v) is 4.63. The van der Waals surface area contributed by atoms with Crippen molar-refractivity contribution >= 4 is 10.0 Å². The highest BCUT2D eigenvalue weighted by atomic mass is 32.2. The van der Waals surface area contributed by atoms with E-state index in [0.29, 0.717) is 0 Å². The van der Waals surface area contributed by atoms with Crippen molar-refractivity contribution in [1.82, 2.24) is 0 Å². The summed E-state index contributed by atoms with van der Waals surface area (Å²) in [5, 5.41) is 4.59. The van der Waals surface area contributed by atoms with Gasteiger partial charge in [-0.2, -0.15) is 13.2 Å². The second-order valence-electron chi connectivity index (χ2n) is 2.97. The molecule has 7 heteroatoms. The van der Waals surface area contributed by atoms with Crippen molar-refractivity contribution in [3.05, 3.63) is 0 Å². The van der Waals surface area contributed by atoms with Crippen LogP contribution in [0.15, 0.2) is 0 Å².